The third-order valence-corrected chi connectivity index (χ3v) is 4.87. The molecule has 1 aliphatic rings. The highest BCUT2D eigenvalue weighted by Crippen LogP contribution is 2.27. The second kappa shape index (κ2) is 25.8. The van der Waals surface area contributed by atoms with Crippen LogP contribution in [0, 0.1) is 11.8 Å². The Bertz CT molecular complexity index is 221. The average molecular weight is 395 g/mol. The number of hydrogen-bond acceptors (Lipinski definition) is 6. The molecule has 1 rings (SSSR count). The van der Waals surface area contributed by atoms with Crippen molar-refractivity contribution in [2.75, 3.05) is 39.6 Å². The molecule has 0 spiro atoms. The van der Waals surface area contributed by atoms with Gasteiger partial charge in [0.05, 0.1) is 0 Å². The van der Waals surface area contributed by atoms with Gasteiger partial charge in [0.15, 0.2) is 0 Å². The summed E-state index contributed by atoms with van der Waals surface area (Å²) in [6.45, 7) is 1.84. The summed E-state index contributed by atoms with van der Waals surface area (Å²) in [6, 6.07) is 0. The first-order valence-electron chi connectivity index (χ1n) is 10.8. The maximum atomic E-state index is 8.79. The van der Waals surface area contributed by atoms with Crippen molar-refractivity contribution in [2.45, 2.75) is 83.5 Å². The molecule has 0 amide bonds. The molecule has 0 radical (unpaired) electrons. The van der Waals surface area contributed by atoms with Crippen LogP contribution in [0.4, 0.5) is 0 Å². The Morgan fingerprint density at radius 3 is 0.778 bits per heavy atom. The number of rotatable bonds is 13. The molecule has 1 aliphatic carbocycles. The van der Waals surface area contributed by atoms with Crippen molar-refractivity contribution >= 4 is 0 Å². The van der Waals surface area contributed by atoms with Crippen LogP contribution < -0.4 is 0 Å². The zero-order chi connectivity index (χ0) is 20.6. The average Bonchev–Trinajstić information content (AvgIpc) is 2.72. The minimum Gasteiger partial charge on any atom is -0.396 e. The number of unbranched alkanes of at least 4 members (excludes halogenated alkanes) is 7. The van der Waals surface area contributed by atoms with E-state index >= 15 is 0 Å². The molecule has 0 saturated heterocycles. The normalized spacial score (nSPS) is 18.9. The van der Waals surface area contributed by atoms with Crippen LogP contribution in [-0.2, 0) is 0 Å². The fourth-order valence-corrected chi connectivity index (χ4v) is 2.93. The van der Waals surface area contributed by atoms with Gasteiger partial charge in [-0.2, -0.15) is 0 Å². The summed E-state index contributed by atoms with van der Waals surface area (Å²) in [5, 5.41) is 50.9. The van der Waals surface area contributed by atoms with Crippen molar-refractivity contribution in [3.8, 4) is 0 Å². The molecule has 0 atom stereocenters. The van der Waals surface area contributed by atoms with E-state index < -0.39 is 0 Å². The Balaban J connectivity index is 0. The van der Waals surface area contributed by atoms with Gasteiger partial charge in [-0.1, -0.05) is 32.1 Å². The molecule has 0 unspecified atom stereocenters. The van der Waals surface area contributed by atoms with E-state index in [4.69, 9.17) is 30.6 Å². The van der Waals surface area contributed by atoms with E-state index in [2.05, 4.69) is 0 Å². The summed E-state index contributed by atoms with van der Waals surface area (Å²) in [4.78, 5) is 0. The van der Waals surface area contributed by atoms with Gasteiger partial charge >= 0.3 is 0 Å². The lowest BCUT2D eigenvalue weighted by Gasteiger charge is -2.25. The predicted molar refractivity (Wildman–Crippen MR) is 110 cm³/mol. The molecule has 6 heteroatoms. The van der Waals surface area contributed by atoms with Crippen molar-refractivity contribution in [1.82, 2.24) is 0 Å². The number of aliphatic hydroxyl groups excluding tert-OH is 6. The smallest absolute Gasteiger partial charge is 0.0459 e. The summed E-state index contributed by atoms with van der Waals surface area (Å²) < 4.78 is 0. The van der Waals surface area contributed by atoms with E-state index in [1.54, 1.807) is 0 Å². The van der Waals surface area contributed by atoms with Crippen LogP contribution in [0.3, 0.4) is 0 Å². The highest BCUT2D eigenvalue weighted by Gasteiger charge is 2.19. The molecule has 0 aromatic rings. The van der Waals surface area contributed by atoms with Crippen molar-refractivity contribution in [2.24, 2.45) is 11.8 Å². The summed E-state index contributed by atoms with van der Waals surface area (Å²) >= 11 is 0. The van der Waals surface area contributed by atoms with E-state index in [0.717, 1.165) is 83.5 Å². The van der Waals surface area contributed by atoms with Gasteiger partial charge in [-0.3, -0.25) is 0 Å². The Morgan fingerprint density at radius 1 is 0.370 bits per heavy atom. The fourth-order valence-electron chi connectivity index (χ4n) is 2.93. The maximum absolute atomic E-state index is 8.79. The van der Waals surface area contributed by atoms with Crippen molar-refractivity contribution in [1.29, 1.82) is 0 Å². The van der Waals surface area contributed by atoms with Crippen LogP contribution in [0.5, 0.6) is 0 Å². The molecule has 0 aromatic carbocycles. The lowest BCUT2D eigenvalue weighted by Crippen LogP contribution is -2.19. The standard InChI is InChI=1S/C8H16O2.C7H16O2.C6H14O2/c9-5-7-1-2-8(6-10)4-3-7;8-6-4-2-1-3-5-7-9;7-5-3-1-2-4-6-8/h7-10H,1-6H2;8-9H,1-7H2;7-8H,1-6H2. The monoisotopic (exact) mass is 394 g/mol. The second-order valence-corrected chi connectivity index (χ2v) is 7.33. The largest absolute Gasteiger partial charge is 0.396 e. The van der Waals surface area contributed by atoms with Crippen LogP contribution in [0.2, 0.25) is 0 Å². The Hall–Kier alpha value is -0.240. The first kappa shape index (κ1) is 29.0. The topological polar surface area (TPSA) is 121 Å². The van der Waals surface area contributed by atoms with Crippen LogP contribution in [0.1, 0.15) is 83.5 Å². The summed E-state index contributed by atoms with van der Waals surface area (Å²) in [5.41, 5.74) is 0. The van der Waals surface area contributed by atoms with Crippen LogP contribution >= 0.6 is 0 Å². The predicted octanol–water partition coefficient (Wildman–Crippen LogP) is 2.23. The molecule has 6 nitrogen and oxygen atoms in total. The highest BCUT2D eigenvalue weighted by atomic mass is 16.3. The molecule has 6 N–H and O–H groups in total. The van der Waals surface area contributed by atoms with Gasteiger partial charge in [0, 0.05) is 39.6 Å². The number of aliphatic hydroxyl groups is 6. The summed E-state index contributed by atoms with van der Waals surface area (Å²) in [7, 11) is 0. The Labute approximate surface area is 166 Å². The van der Waals surface area contributed by atoms with E-state index in [0.29, 0.717) is 38.3 Å². The Morgan fingerprint density at radius 2 is 0.593 bits per heavy atom. The van der Waals surface area contributed by atoms with E-state index in [-0.39, 0.29) is 13.2 Å². The third-order valence-electron chi connectivity index (χ3n) is 4.87. The fraction of sp³-hybridized carbons (Fsp3) is 1.00. The quantitative estimate of drug-likeness (QED) is 0.266. The van der Waals surface area contributed by atoms with E-state index in [9.17, 15) is 0 Å². The molecule has 0 bridgehead atoms. The van der Waals surface area contributed by atoms with Crippen molar-refractivity contribution < 1.29 is 30.6 Å². The van der Waals surface area contributed by atoms with Gasteiger partial charge in [-0.05, 0) is 63.2 Å². The molecule has 1 saturated carbocycles. The van der Waals surface area contributed by atoms with E-state index in [1.165, 1.54) is 0 Å². The number of hydrogen-bond donors (Lipinski definition) is 6. The van der Waals surface area contributed by atoms with Gasteiger partial charge in [-0.15, -0.1) is 0 Å². The first-order valence-corrected chi connectivity index (χ1v) is 10.8. The van der Waals surface area contributed by atoms with Gasteiger partial charge < -0.3 is 30.6 Å². The summed E-state index contributed by atoms with van der Waals surface area (Å²) in [5.74, 6) is 1.03. The Kier molecular flexibility index (Phi) is 27.6. The minimum atomic E-state index is 0.283. The zero-order valence-electron chi connectivity index (χ0n) is 17.3. The van der Waals surface area contributed by atoms with Crippen LogP contribution in [-0.4, -0.2) is 70.3 Å². The zero-order valence-corrected chi connectivity index (χ0v) is 17.3. The van der Waals surface area contributed by atoms with Gasteiger partial charge in [0.25, 0.3) is 0 Å². The molecule has 0 aliphatic heterocycles. The molecule has 0 heterocycles. The molecular weight excluding hydrogens is 348 g/mol. The second-order valence-electron chi connectivity index (χ2n) is 7.33. The molecule has 0 aromatic heterocycles. The van der Waals surface area contributed by atoms with Gasteiger partial charge in [0.2, 0.25) is 0 Å². The third kappa shape index (κ3) is 23.7. The van der Waals surface area contributed by atoms with Crippen LogP contribution in [0.25, 0.3) is 0 Å². The molecule has 166 valence electrons. The van der Waals surface area contributed by atoms with Gasteiger partial charge in [-0.25, -0.2) is 0 Å². The van der Waals surface area contributed by atoms with Crippen LogP contribution in [0.15, 0.2) is 0 Å². The maximum Gasteiger partial charge on any atom is 0.0459 e. The molecule has 27 heavy (non-hydrogen) atoms. The highest BCUT2D eigenvalue weighted by molar-refractivity contribution is 4.70. The van der Waals surface area contributed by atoms with Crippen molar-refractivity contribution in [3.63, 3.8) is 0 Å². The van der Waals surface area contributed by atoms with Gasteiger partial charge in [0.1, 0.15) is 0 Å². The van der Waals surface area contributed by atoms with E-state index in [1.807, 2.05) is 0 Å². The minimum absolute atomic E-state index is 0.283. The molecular formula is C21H46O6. The lowest BCUT2D eigenvalue weighted by atomic mass is 9.83. The molecule has 1 fully saturated rings. The lowest BCUT2D eigenvalue weighted by molar-refractivity contribution is 0.131. The summed E-state index contributed by atoms with van der Waals surface area (Å²) in [6.07, 6.45) is 13.4. The SMILES string of the molecule is OCC1CCC(CO)CC1.OCCCCCCCO.OCCCCCCO. The van der Waals surface area contributed by atoms with Crippen molar-refractivity contribution in [3.05, 3.63) is 0 Å². The first-order chi connectivity index (χ1) is 13.2.